The molecule has 2 aromatic carbocycles. The largest absolute Gasteiger partial charge is 0.327 e. The third-order valence-corrected chi connectivity index (χ3v) is 5.41. The van der Waals surface area contributed by atoms with Gasteiger partial charge in [0.15, 0.2) is 0 Å². The van der Waals surface area contributed by atoms with Gasteiger partial charge in [-0.1, -0.05) is 47.0 Å². The van der Waals surface area contributed by atoms with Gasteiger partial charge in [0.25, 0.3) is 11.7 Å². The second-order valence-electron chi connectivity index (χ2n) is 6.92. The molecule has 0 unspecified atom stereocenters. The molecule has 0 aliphatic heterocycles. The number of carbonyl (C=O) groups excluding carboxylic acids is 2. The molecule has 1 amide bonds. The second kappa shape index (κ2) is 8.30. The zero-order valence-corrected chi connectivity index (χ0v) is 17.5. The molecule has 7 heteroatoms. The summed E-state index contributed by atoms with van der Waals surface area (Å²) in [5.41, 5.74) is 3.33. The van der Waals surface area contributed by atoms with Crippen molar-refractivity contribution in [2.45, 2.75) is 13.5 Å². The summed E-state index contributed by atoms with van der Waals surface area (Å²) in [6, 6.07) is 16.4. The van der Waals surface area contributed by atoms with Crippen LogP contribution < -0.4 is 5.32 Å². The molecule has 0 bridgehead atoms. The quantitative estimate of drug-likeness (QED) is 0.330. The fourth-order valence-electron chi connectivity index (χ4n) is 3.32. The van der Waals surface area contributed by atoms with E-state index in [-0.39, 0.29) is 10.7 Å². The minimum atomic E-state index is -0.767. The standard InChI is InChI=1S/C23H17Cl2N3O2/c1-14-4-9-19-18(11-14)20(21(29)23(30)27-17-3-2-10-26-12-17)22(25)28(19)13-15-5-7-16(24)8-6-15/h2-12H,13H2,1H3,(H,27,30). The molecule has 30 heavy (non-hydrogen) atoms. The van der Waals surface area contributed by atoms with Gasteiger partial charge in [0.1, 0.15) is 5.15 Å². The van der Waals surface area contributed by atoms with E-state index in [1.54, 1.807) is 30.5 Å². The summed E-state index contributed by atoms with van der Waals surface area (Å²) in [7, 11) is 0. The highest BCUT2D eigenvalue weighted by Gasteiger charge is 2.26. The number of benzene rings is 2. The number of hydrogen-bond donors (Lipinski definition) is 1. The predicted molar refractivity (Wildman–Crippen MR) is 119 cm³/mol. The van der Waals surface area contributed by atoms with Crippen molar-refractivity contribution in [2.75, 3.05) is 5.32 Å². The zero-order chi connectivity index (χ0) is 21.3. The number of hydrogen-bond acceptors (Lipinski definition) is 3. The first-order valence-electron chi connectivity index (χ1n) is 9.22. The molecule has 0 saturated carbocycles. The number of Topliss-reactive ketones (excluding diaryl/α,β-unsaturated/α-hetero) is 1. The van der Waals surface area contributed by atoms with Gasteiger partial charge >= 0.3 is 0 Å². The van der Waals surface area contributed by atoms with Crippen LogP contribution in [0.25, 0.3) is 10.9 Å². The van der Waals surface area contributed by atoms with Crippen molar-refractivity contribution >= 4 is 51.5 Å². The van der Waals surface area contributed by atoms with E-state index in [0.717, 1.165) is 16.6 Å². The van der Waals surface area contributed by atoms with Crippen molar-refractivity contribution in [1.82, 2.24) is 9.55 Å². The number of halogens is 2. The van der Waals surface area contributed by atoms with Crippen LogP contribution in [-0.2, 0) is 11.3 Å². The van der Waals surface area contributed by atoms with Gasteiger partial charge in [-0.3, -0.25) is 14.6 Å². The highest BCUT2D eigenvalue weighted by molar-refractivity contribution is 6.51. The normalized spacial score (nSPS) is 10.9. The smallest absolute Gasteiger partial charge is 0.296 e. The number of carbonyl (C=O) groups is 2. The van der Waals surface area contributed by atoms with Gasteiger partial charge in [-0.2, -0.15) is 0 Å². The van der Waals surface area contributed by atoms with Crippen molar-refractivity contribution in [3.63, 3.8) is 0 Å². The average molecular weight is 438 g/mol. The highest BCUT2D eigenvalue weighted by atomic mass is 35.5. The van der Waals surface area contributed by atoms with Gasteiger partial charge in [0, 0.05) is 23.2 Å². The molecule has 0 spiro atoms. The highest BCUT2D eigenvalue weighted by Crippen LogP contribution is 2.32. The molecule has 4 aromatic rings. The van der Waals surface area contributed by atoms with Gasteiger partial charge in [-0.05, 0) is 48.9 Å². The fourth-order valence-corrected chi connectivity index (χ4v) is 3.78. The van der Waals surface area contributed by atoms with Crippen LogP contribution in [0.15, 0.2) is 67.0 Å². The molecule has 0 atom stereocenters. The molecular formula is C23H17Cl2N3O2. The average Bonchev–Trinajstić information content (AvgIpc) is 3.00. The van der Waals surface area contributed by atoms with Crippen molar-refractivity contribution in [3.05, 3.63) is 93.9 Å². The molecule has 5 nitrogen and oxygen atoms in total. The summed E-state index contributed by atoms with van der Waals surface area (Å²) in [5, 5.41) is 4.08. The molecular weight excluding hydrogens is 421 g/mol. The lowest BCUT2D eigenvalue weighted by molar-refractivity contribution is -0.112. The molecule has 0 fully saturated rings. The third kappa shape index (κ3) is 3.95. The minimum Gasteiger partial charge on any atom is -0.327 e. The van der Waals surface area contributed by atoms with Crippen LogP contribution in [0.2, 0.25) is 10.2 Å². The number of nitrogens with one attached hydrogen (secondary N) is 1. The Bertz CT molecular complexity index is 1250. The van der Waals surface area contributed by atoms with Crippen LogP contribution in [0.3, 0.4) is 0 Å². The lowest BCUT2D eigenvalue weighted by Crippen LogP contribution is -2.23. The van der Waals surface area contributed by atoms with Gasteiger partial charge in [0.2, 0.25) is 0 Å². The number of amides is 1. The molecule has 1 N–H and O–H groups in total. The summed E-state index contributed by atoms with van der Waals surface area (Å²) < 4.78 is 1.82. The monoisotopic (exact) mass is 437 g/mol. The fraction of sp³-hybridized carbons (Fsp3) is 0.0870. The van der Waals surface area contributed by atoms with E-state index in [1.165, 1.54) is 6.20 Å². The maximum absolute atomic E-state index is 13.1. The number of nitrogens with zero attached hydrogens (tertiary/aromatic N) is 2. The molecule has 0 saturated heterocycles. The van der Waals surface area contributed by atoms with Crippen molar-refractivity contribution < 1.29 is 9.59 Å². The number of ketones is 1. The Morgan fingerprint density at radius 2 is 1.83 bits per heavy atom. The summed E-state index contributed by atoms with van der Waals surface area (Å²) in [5.74, 6) is -1.47. The first kappa shape index (κ1) is 20.1. The van der Waals surface area contributed by atoms with Gasteiger partial charge < -0.3 is 9.88 Å². The summed E-state index contributed by atoms with van der Waals surface area (Å²) in [4.78, 5) is 29.6. The maximum Gasteiger partial charge on any atom is 0.296 e. The lowest BCUT2D eigenvalue weighted by Gasteiger charge is -2.08. The van der Waals surface area contributed by atoms with E-state index in [9.17, 15) is 9.59 Å². The number of rotatable bonds is 5. The van der Waals surface area contributed by atoms with Gasteiger partial charge in [0.05, 0.1) is 23.0 Å². The van der Waals surface area contributed by atoms with E-state index in [1.807, 2.05) is 41.8 Å². The third-order valence-electron chi connectivity index (χ3n) is 4.76. The molecule has 0 radical (unpaired) electrons. The van der Waals surface area contributed by atoms with Crippen molar-refractivity contribution in [1.29, 1.82) is 0 Å². The number of aromatic nitrogens is 2. The maximum atomic E-state index is 13.1. The van der Waals surface area contributed by atoms with E-state index in [0.29, 0.717) is 22.6 Å². The second-order valence-corrected chi connectivity index (χ2v) is 7.72. The SMILES string of the molecule is Cc1ccc2c(c1)c(C(=O)C(=O)Nc1cccnc1)c(Cl)n2Cc1ccc(Cl)cc1. The number of aryl methyl sites for hydroxylation is 1. The van der Waals surface area contributed by atoms with Crippen LogP contribution in [-0.4, -0.2) is 21.2 Å². The van der Waals surface area contributed by atoms with Crippen LogP contribution in [0.1, 0.15) is 21.5 Å². The molecule has 2 aromatic heterocycles. The Labute approximate surface area is 183 Å². The molecule has 150 valence electrons. The van der Waals surface area contributed by atoms with Gasteiger partial charge in [-0.15, -0.1) is 0 Å². The van der Waals surface area contributed by atoms with E-state index in [2.05, 4.69) is 10.3 Å². The minimum absolute atomic E-state index is 0.186. The Morgan fingerprint density at radius 3 is 2.53 bits per heavy atom. The van der Waals surface area contributed by atoms with Crippen LogP contribution >= 0.6 is 23.2 Å². The topological polar surface area (TPSA) is 64.0 Å². The Hall–Kier alpha value is -3.15. The molecule has 2 heterocycles. The predicted octanol–water partition coefficient (Wildman–Crippen LogP) is 5.52. The number of anilines is 1. The van der Waals surface area contributed by atoms with E-state index >= 15 is 0 Å². The Balaban J connectivity index is 1.76. The van der Waals surface area contributed by atoms with E-state index in [4.69, 9.17) is 23.2 Å². The van der Waals surface area contributed by atoms with E-state index < -0.39 is 11.7 Å². The Kier molecular flexibility index (Phi) is 5.57. The van der Waals surface area contributed by atoms with Crippen LogP contribution in [0.4, 0.5) is 5.69 Å². The van der Waals surface area contributed by atoms with Crippen LogP contribution in [0.5, 0.6) is 0 Å². The first-order chi connectivity index (χ1) is 14.4. The first-order valence-corrected chi connectivity index (χ1v) is 9.98. The summed E-state index contributed by atoms with van der Waals surface area (Å²) >= 11 is 12.6. The number of pyridine rings is 1. The summed E-state index contributed by atoms with van der Waals surface area (Å²) in [6.45, 7) is 2.36. The zero-order valence-electron chi connectivity index (χ0n) is 16.0. The van der Waals surface area contributed by atoms with Gasteiger partial charge in [-0.25, -0.2) is 0 Å². The molecule has 0 aliphatic rings. The van der Waals surface area contributed by atoms with Crippen LogP contribution in [0, 0.1) is 6.92 Å². The van der Waals surface area contributed by atoms with Crippen molar-refractivity contribution in [2.24, 2.45) is 0 Å². The van der Waals surface area contributed by atoms with Crippen molar-refractivity contribution in [3.8, 4) is 0 Å². The summed E-state index contributed by atoms with van der Waals surface area (Å²) in [6.07, 6.45) is 3.06. The molecule has 0 aliphatic carbocycles. The Morgan fingerprint density at radius 1 is 1.07 bits per heavy atom. The number of fused-ring (bicyclic) bond motifs is 1. The molecule has 4 rings (SSSR count). The lowest BCUT2D eigenvalue weighted by atomic mass is 10.1.